The molecule has 2 rings (SSSR count). The van der Waals surface area contributed by atoms with Crippen LogP contribution in [0.15, 0.2) is 11.1 Å². The highest BCUT2D eigenvalue weighted by atomic mass is 16.3. The van der Waals surface area contributed by atoms with Crippen molar-refractivity contribution < 1.29 is 5.11 Å². The third-order valence-corrected chi connectivity index (χ3v) is 3.39. The normalized spacial score (nSPS) is 34.8. The van der Waals surface area contributed by atoms with Crippen LogP contribution >= 0.6 is 0 Å². The van der Waals surface area contributed by atoms with E-state index in [0.717, 1.165) is 19.3 Å². The van der Waals surface area contributed by atoms with Gasteiger partial charge in [-0.05, 0) is 43.6 Å². The van der Waals surface area contributed by atoms with Gasteiger partial charge in [-0.1, -0.05) is 12.5 Å². The summed E-state index contributed by atoms with van der Waals surface area (Å²) in [6.45, 7) is 2.25. The van der Waals surface area contributed by atoms with Crippen molar-refractivity contribution in [2.45, 2.75) is 45.1 Å². The molecule has 0 fully saturated rings. The first-order valence-electron chi connectivity index (χ1n) is 5.19. The van der Waals surface area contributed by atoms with E-state index in [4.69, 9.17) is 5.41 Å². The smallest absolute Gasteiger partial charge is 0.0958 e. The lowest BCUT2D eigenvalue weighted by molar-refractivity contribution is 0.223. The second-order valence-corrected chi connectivity index (χ2v) is 4.27. The Bertz CT molecular complexity index is 267. The van der Waals surface area contributed by atoms with E-state index in [0.29, 0.717) is 11.6 Å². The Kier molecular flexibility index (Phi) is 2.24. The fourth-order valence-corrected chi connectivity index (χ4v) is 2.56. The molecule has 0 heterocycles. The molecule has 13 heavy (non-hydrogen) atoms. The maximum atomic E-state index is 9.54. The minimum atomic E-state index is -0.482. The molecule has 0 bridgehead atoms. The second kappa shape index (κ2) is 3.26. The molecule has 0 saturated carbocycles. The molecule has 2 nitrogen and oxygen atoms in total. The second-order valence-electron chi connectivity index (χ2n) is 4.27. The van der Waals surface area contributed by atoms with E-state index in [1.54, 1.807) is 0 Å². The van der Waals surface area contributed by atoms with Gasteiger partial charge in [-0.25, -0.2) is 0 Å². The van der Waals surface area contributed by atoms with Crippen LogP contribution in [0.2, 0.25) is 0 Å². The highest BCUT2D eigenvalue weighted by Crippen LogP contribution is 2.37. The molecule has 2 atom stereocenters. The number of allylic oxidation sites excluding steroid dienone is 1. The number of rotatable bonds is 0. The molecule has 2 heteroatoms. The standard InChI is InChI=1S/C11H17NO/c1-7-3-2-4-9-8(7)5-6-10(13)11(9)12/h7,10,12-13H,2-6H2,1H3. The van der Waals surface area contributed by atoms with Crippen molar-refractivity contribution in [2.75, 3.05) is 0 Å². The van der Waals surface area contributed by atoms with Crippen molar-refractivity contribution in [3.63, 3.8) is 0 Å². The molecule has 0 spiro atoms. The lowest BCUT2D eigenvalue weighted by Crippen LogP contribution is -2.30. The molecule has 72 valence electrons. The lowest BCUT2D eigenvalue weighted by atomic mass is 9.75. The van der Waals surface area contributed by atoms with Crippen LogP contribution in [-0.2, 0) is 0 Å². The molecule has 0 saturated heterocycles. The number of aliphatic hydroxyl groups is 1. The first-order chi connectivity index (χ1) is 6.20. The summed E-state index contributed by atoms with van der Waals surface area (Å²) in [5, 5.41) is 17.3. The average molecular weight is 179 g/mol. The maximum Gasteiger partial charge on any atom is 0.0958 e. The van der Waals surface area contributed by atoms with Crippen molar-refractivity contribution >= 4 is 5.71 Å². The first-order valence-corrected chi connectivity index (χ1v) is 5.19. The van der Waals surface area contributed by atoms with E-state index < -0.39 is 6.10 Å². The van der Waals surface area contributed by atoms with Gasteiger partial charge in [0.05, 0.1) is 11.8 Å². The molecule has 0 radical (unpaired) electrons. The highest BCUT2D eigenvalue weighted by Gasteiger charge is 2.29. The molecule has 2 unspecified atom stereocenters. The molecule has 0 aromatic carbocycles. The summed E-state index contributed by atoms with van der Waals surface area (Å²) in [6, 6.07) is 0. The third-order valence-electron chi connectivity index (χ3n) is 3.39. The monoisotopic (exact) mass is 179 g/mol. The van der Waals surface area contributed by atoms with Crippen molar-refractivity contribution in [2.24, 2.45) is 5.92 Å². The van der Waals surface area contributed by atoms with Gasteiger partial charge in [-0.15, -0.1) is 0 Å². The van der Waals surface area contributed by atoms with Gasteiger partial charge < -0.3 is 10.5 Å². The number of hydrogen-bond donors (Lipinski definition) is 2. The molecular formula is C11H17NO. The Balaban J connectivity index is 2.33. The summed E-state index contributed by atoms with van der Waals surface area (Å²) in [7, 11) is 0. The molecule has 2 aliphatic carbocycles. The minimum Gasteiger partial charge on any atom is -0.387 e. The van der Waals surface area contributed by atoms with E-state index in [9.17, 15) is 5.11 Å². The van der Waals surface area contributed by atoms with Gasteiger partial charge in [0.1, 0.15) is 0 Å². The summed E-state index contributed by atoms with van der Waals surface area (Å²) in [6.07, 6.45) is 4.78. The van der Waals surface area contributed by atoms with Crippen molar-refractivity contribution in [3.05, 3.63) is 11.1 Å². The average Bonchev–Trinajstić information content (AvgIpc) is 2.12. The molecule has 0 aromatic rings. The van der Waals surface area contributed by atoms with Crippen LogP contribution in [0.4, 0.5) is 0 Å². The third kappa shape index (κ3) is 1.44. The quantitative estimate of drug-likeness (QED) is 0.588. The van der Waals surface area contributed by atoms with Gasteiger partial charge in [0.25, 0.3) is 0 Å². The molecule has 0 aromatic heterocycles. The summed E-state index contributed by atoms with van der Waals surface area (Å²) < 4.78 is 0. The van der Waals surface area contributed by atoms with Crippen LogP contribution in [0.1, 0.15) is 39.0 Å². The number of nitrogens with one attached hydrogen (secondary N) is 1. The zero-order valence-corrected chi connectivity index (χ0v) is 8.14. The minimum absolute atomic E-state index is 0.482. The van der Waals surface area contributed by atoms with Crippen LogP contribution in [0.25, 0.3) is 0 Å². The Hall–Kier alpha value is -0.630. The van der Waals surface area contributed by atoms with Crippen LogP contribution in [0.5, 0.6) is 0 Å². The fourth-order valence-electron chi connectivity index (χ4n) is 2.56. The SMILES string of the molecule is CC1CCCC2=C1CCC(O)C2=N. The van der Waals surface area contributed by atoms with Gasteiger partial charge in [-0.2, -0.15) is 0 Å². The summed E-state index contributed by atoms with van der Waals surface area (Å²) >= 11 is 0. The van der Waals surface area contributed by atoms with E-state index in [1.165, 1.54) is 24.0 Å². The fraction of sp³-hybridized carbons (Fsp3) is 0.727. The molecule has 0 aliphatic heterocycles. The summed E-state index contributed by atoms with van der Waals surface area (Å²) in [4.78, 5) is 0. The van der Waals surface area contributed by atoms with Crippen molar-refractivity contribution in [3.8, 4) is 0 Å². The Morgan fingerprint density at radius 1 is 1.31 bits per heavy atom. The topological polar surface area (TPSA) is 44.1 Å². The number of aliphatic hydroxyl groups excluding tert-OH is 1. The molecule has 2 aliphatic rings. The van der Waals surface area contributed by atoms with Gasteiger partial charge >= 0.3 is 0 Å². The largest absolute Gasteiger partial charge is 0.387 e. The number of hydrogen-bond acceptors (Lipinski definition) is 2. The summed E-state index contributed by atoms with van der Waals surface area (Å²) in [5.74, 6) is 0.650. The summed E-state index contributed by atoms with van der Waals surface area (Å²) in [5.41, 5.74) is 3.15. The van der Waals surface area contributed by atoms with Crippen molar-refractivity contribution in [1.82, 2.24) is 0 Å². The van der Waals surface area contributed by atoms with Gasteiger partial charge in [0.2, 0.25) is 0 Å². The molecule has 2 N–H and O–H groups in total. The van der Waals surface area contributed by atoms with E-state index >= 15 is 0 Å². The van der Waals surface area contributed by atoms with Crippen molar-refractivity contribution in [1.29, 1.82) is 5.41 Å². The zero-order valence-electron chi connectivity index (χ0n) is 8.14. The van der Waals surface area contributed by atoms with E-state index in [1.807, 2.05) is 0 Å². The van der Waals surface area contributed by atoms with Crippen LogP contribution < -0.4 is 0 Å². The van der Waals surface area contributed by atoms with E-state index in [2.05, 4.69) is 6.92 Å². The van der Waals surface area contributed by atoms with Crippen LogP contribution in [0, 0.1) is 11.3 Å². The Morgan fingerprint density at radius 2 is 2.08 bits per heavy atom. The lowest BCUT2D eigenvalue weighted by Gasteiger charge is -2.32. The molecular weight excluding hydrogens is 162 g/mol. The van der Waals surface area contributed by atoms with Crippen LogP contribution in [0.3, 0.4) is 0 Å². The molecule has 0 amide bonds. The van der Waals surface area contributed by atoms with Gasteiger partial charge in [0, 0.05) is 0 Å². The predicted molar refractivity (Wildman–Crippen MR) is 53.0 cm³/mol. The Labute approximate surface area is 79.2 Å². The maximum absolute atomic E-state index is 9.54. The predicted octanol–water partition coefficient (Wildman–Crippen LogP) is 2.28. The van der Waals surface area contributed by atoms with Crippen LogP contribution in [-0.4, -0.2) is 16.9 Å². The van der Waals surface area contributed by atoms with E-state index in [-0.39, 0.29) is 0 Å². The first kappa shape index (κ1) is 8.95. The zero-order chi connectivity index (χ0) is 9.42. The Morgan fingerprint density at radius 3 is 2.85 bits per heavy atom. The van der Waals surface area contributed by atoms with Gasteiger partial charge in [-0.3, -0.25) is 0 Å². The highest BCUT2D eigenvalue weighted by molar-refractivity contribution is 6.02. The van der Waals surface area contributed by atoms with Gasteiger partial charge in [0.15, 0.2) is 0 Å².